The molecule has 0 unspecified atom stereocenters. The molecule has 1 aromatic rings. The Morgan fingerprint density at radius 3 is 2.79 bits per heavy atom. The van der Waals surface area contributed by atoms with Crippen LogP contribution in [0.15, 0.2) is 33.6 Å². The second-order valence-corrected chi connectivity index (χ2v) is 6.78. The summed E-state index contributed by atoms with van der Waals surface area (Å²) in [6, 6.07) is 8.18. The monoisotopic (exact) mass is 343 g/mol. The van der Waals surface area contributed by atoms with Gasteiger partial charge in [-0.1, -0.05) is 22.0 Å². The highest BCUT2D eigenvalue weighted by molar-refractivity contribution is 9.10. The topological polar surface area (TPSA) is 49.3 Å². The Labute approximate surface area is 126 Å². The van der Waals surface area contributed by atoms with Gasteiger partial charge < -0.3 is 10.4 Å². The zero-order valence-electron chi connectivity index (χ0n) is 10.6. The standard InChI is InChI=1S/C14H18BrNO2S/c15-10-2-1-3-13(8-10)19-9-14(18)16-11-4-6-12(17)7-5-11/h1-3,8,11-12,17H,4-7,9H2,(H,16,18). The predicted octanol–water partition coefficient (Wildman–Crippen LogP) is 2.96. The van der Waals surface area contributed by atoms with Gasteiger partial charge in [0.05, 0.1) is 11.9 Å². The van der Waals surface area contributed by atoms with Crippen molar-refractivity contribution in [3.05, 3.63) is 28.7 Å². The number of hydrogen-bond acceptors (Lipinski definition) is 3. The number of thioether (sulfide) groups is 1. The molecule has 2 rings (SSSR count). The van der Waals surface area contributed by atoms with E-state index in [-0.39, 0.29) is 18.1 Å². The number of hydrogen-bond donors (Lipinski definition) is 2. The van der Waals surface area contributed by atoms with E-state index in [4.69, 9.17) is 0 Å². The summed E-state index contributed by atoms with van der Waals surface area (Å²) in [7, 11) is 0. The van der Waals surface area contributed by atoms with E-state index < -0.39 is 0 Å². The van der Waals surface area contributed by atoms with Crippen LogP contribution in [0.1, 0.15) is 25.7 Å². The Morgan fingerprint density at radius 1 is 1.37 bits per heavy atom. The molecular weight excluding hydrogens is 326 g/mol. The Balaban J connectivity index is 1.73. The molecule has 1 fully saturated rings. The zero-order valence-corrected chi connectivity index (χ0v) is 13.0. The molecule has 0 bridgehead atoms. The van der Waals surface area contributed by atoms with Gasteiger partial charge in [0.25, 0.3) is 0 Å². The minimum absolute atomic E-state index is 0.0753. The van der Waals surface area contributed by atoms with Gasteiger partial charge in [-0.15, -0.1) is 11.8 Å². The van der Waals surface area contributed by atoms with Crippen LogP contribution in [0.2, 0.25) is 0 Å². The third-order valence-electron chi connectivity index (χ3n) is 3.23. The predicted molar refractivity (Wildman–Crippen MR) is 81.3 cm³/mol. The van der Waals surface area contributed by atoms with Crippen LogP contribution >= 0.6 is 27.7 Å². The second-order valence-electron chi connectivity index (χ2n) is 4.82. The maximum Gasteiger partial charge on any atom is 0.230 e. The lowest BCUT2D eigenvalue weighted by Crippen LogP contribution is -2.39. The molecule has 0 spiro atoms. The molecule has 3 nitrogen and oxygen atoms in total. The molecule has 0 heterocycles. The van der Waals surface area contributed by atoms with Crippen LogP contribution in [-0.2, 0) is 4.79 Å². The first-order chi connectivity index (χ1) is 9.13. The van der Waals surface area contributed by atoms with E-state index in [1.165, 1.54) is 0 Å². The van der Waals surface area contributed by atoms with Crippen LogP contribution in [0, 0.1) is 0 Å². The van der Waals surface area contributed by atoms with Crippen molar-refractivity contribution in [1.29, 1.82) is 0 Å². The lowest BCUT2D eigenvalue weighted by atomic mass is 9.93. The van der Waals surface area contributed by atoms with Crippen LogP contribution in [0.4, 0.5) is 0 Å². The summed E-state index contributed by atoms with van der Waals surface area (Å²) < 4.78 is 1.03. The largest absolute Gasteiger partial charge is 0.393 e. The van der Waals surface area contributed by atoms with Crippen LogP contribution in [-0.4, -0.2) is 28.9 Å². The highest BCUT2D eigenvalue weighted by atomic mass is 79.9. The van der Waals surface area contributed by atoms with Crippen molar-refractivity contribution < 1.29 is 9.90 Å². The lowest BCUT2D eigenvalue weighted by molar-refractivity contribution is -0.119. The van der Waals surface area contributed by atoms with Crippen LogP contribution < -0.4 is 5.32 Å². The Hall–Kier alpha value is -0.520. The minimum Gasteiger partial charge on any atom is -0.393 e. The summed E-state index contributed by atoms with van der Waals surface area (Å²) in [5, 5.41) is 12.5. The molecule has 0 aromatic heterocycles. The first-order valence-electron chi connectivity index (χ1n) is 6.49. The minimum atomic E-state index is -0.177. The molecule has 1 saturated carbocycles. The van der Waals surface area contributed by atoms with Gasteiger partial charge in [-0.2, -0.15) is 0 Å². The lowest BCUT2D eigenvalue weighted by Gasteiger charge is -2.26. The van der Waals surface area contributed by atoms with E-state index in [2.05, 4.69) is 21.2 Å². The first kappa shape index (κ1) is 14.9. The van der Waals surface area contributed by atoms with Crippen molar-refractivity contribution in [1.82, 2.24) is 5.32 Å². The maximum absolute atomic E-state index is 11.8. The summed E-state index contributed by atoms with van der Waals surface area (Å²) in [6.45, 7) is 0. The van der Waals surface area contributed by atoms with Gasteiger partial charge in [0, 0.05) is 15.4 Å². The van der Waals surface area contributed by atoms with Crippen molar-refractivity contribution >= 4 is 33.6 Å². The fourth-order valence-electron chi connectivity index (χ4n) is 2.20. The van der Waals surface area contributed by atoms with E-state index in [0.29, 0.717) is 5.75 Å². The molecule has 1 aromatic carbocycles. The fraction of sp³-hybridized carbons (Fsp3) is 0.500. The van der Waals surface area contributed by atoms with Crippen molar-refractivity contribution in [2.45, 2.75) is 42.7 Å². The summed E-state index contributed by atoms with van der Waals surface area (Å²) in [4.78, 5) is 12.9. The molecule has 104 valence electrons. The molecule has 2 N–H and O–H groups in total. The van der Waals surface area contributed by atoms with E-state index in [9.17, 15) is 9.90 Å². The van der Waals surface area contributed by atoms with Crippen LogP contribution in [0.3, 0.4) is 0 Å². The average molecular weight is 344 g/mol. The van der Waals surface area contributed by atoms with Crippen molar-refractivity contribution in [3.63, 3.8) is 0 Å². The highest BCUT2D eigenvalue weighted by Crippen LogP contribution is 2.22. The number of halogens is 1. The first-order valence-corrected chi connectivity index (χ1v) is 8.27. The smallest absolute Gasteiger partial charge is 0.230 e. The summed E-state index contributed by atoms with van der Waals surface area (Å²) in [5.74, 6) is 0.515. The average Bonchev–Trinajstić information content (AvgIpc) is 2.39. The molecule has 0 radical (unpaired) electrons. The van der Waals surface area contributed by atoms with Gasteiger partial charge in [0.15, 0.2) is 0 Å². The summed E-state index contributed by atoms with van der Waals surface area (Å²) in [6.07, 6.45) is 3.18. The quantitative estimate of drug-likeness (QED) is 0.826. The fourth-order valence-corrected chi connectivity index (χ4v) is 3.51. The van der Waals surface area contributed by atoms with Gasteiger partial charge in [0.1, 0.15) is 0 Å². The third-order valence-corrected chi connectivity index (χ3v) is 4.71. The normalized spacial score (nSPS) is 23.1. The summed E-state index contributed by atoms with van der Waals surface area (Å²) >= 11 is 4.96. The highest BCUT2D eigenvalue weighted by Gasteiger charge is 2.20. The van der Waals surface area contributed by atoms with Gasteiger partial charge in [-0.05, 0) is 43.9 Å². The summed E-state index contributed by atoms with van der Waals surface area (Å²) in [5.41, 5.74) is 0. The molecule has 1 aliphatic rings. The van der Waals surface area contributed by atoms with Gasteiger partial charge >= 0.3 is 0 Å². The van der Waals surface area contributed by atoms with Crippen LogP contribution in [0.25, 0.3) is 0 Å². The molecule has 1 aliphatic carbocycles. The number of amides is 1. The Kier molecular flexibility index (Phi) is 5.73. The Morgan fingerprint density at radius 2 is 2.11 bits per heavy atom. The van der Waals surface area contributed by atoms with Crippen molar-refractivity contribution in [2.24, 2.45) is 0 Å². The van der Waals surface area contributed by atoms with Crippen molar-refractivity contribution in [3.8, 4) is 0 Å². The third kappa shape index (κ3) is 5.16. The molecule has 0 atom stereocenters. The molecule has 1 amide bonds. The zero-order chi connectivity index (χ0) is 13.7. The van der Waals surface area contributed by atoms with Gasteiger partial charge in [0.2, 0.25) is 5.91 Å². The van der Waals surface area contributed by atoms with E-state index in [1.54, 1.807) is 11.8 Å². The number of rotatable bonds is 4. The van der Waals surface area contributed by atoms with E-state index in [0.717, 1.165) is 35.1 Å². The molecule has 5 heteroatoms. The molecule has 0 saturated heterocycles. The van der Waals surface area contributed by atoms with Crippen molar-refractivity contribution in [2.75, 3.05) is 5.75 Å². The number of benzene rings is 1. The van der Waals surface area contributed by atoms with Gasteiger partial charge in [-0.3, -0.25) is 4.79 Å². The van der Waals surface area contributed by atoms with E-state index >= 15 is 0 Å². The Bertz CT molecular complexity index is 433. The number of carbonyl (C=O) groups is 1. The number of aliphatic hydroxyl groups is 1. The second kappa shape index (κ2) is 7.31. The molecule has 19 heavy (non-hydrogen) atoms. The SMILES string of the molecule is O=C(CSc1cccc(Br)c1)NC1CCC(O)CC1. The number of carbonyl (C=O) groups excluding carboxylic acids is 1. The number of nitrogens with one attached hydrogen (secondary N) is 1. The number of aliphatic hydroxyl groups excluding tert-OH is 1. The maximum atomic E-state index is 11.8. The molecule has 0 aliphatic heterocycles. The van der Waals surface area contributed by atoms with Crippen LogP contribution in [0.5, 0.6) is 0 Å². The van der Waals surface area contributed by atoms with Gasteiger partial charge in [-0.25, -0.2) is 0 Å². The molecular formula is C14H18BrNO2S. The van der Waals surface area contributed by atoms with E-state index in [1.807, 2.05) is 24.3 Å².